The molecule has 6 nitrogen and oxygen atoms in total. The van der Waals surface area contributed by atoms with Crippen LogP contribution in [0.5, 0.6) is 0 Å². The molecule has 2 aromatic heterocycles. The van der Waals surface area contributed by atoms with Crippen molar-refractivity contribution in [2.24, 2.45) is 0 Å². The van der Waals surface area contributed by atoms with Crippen LogP contribution in [0.15, 0.2) is 30.6 Å². The molecule has 0 aromatic carbocycles. The Kier molecular flexibility index (Phi) is 5.07. The quantitative estimate of drug-likeness (QED) is 0.877. The zero-order valence-electron chi connectivity index (χ0n) is 12.9. The number of hydrogen-bond donors (Lipinski definition) is 1. The number of nitrogens with one attached hydrogen (secondary N) is 1. The van der Waals surface area contributed by atoms with Crippen molar-refractivity contribution in [1.29, 1.82) is 0 Å². The summed E-state index contributed by atoms with van der Waals surface area (Å²) in [4.78, 5) is 12.9. The molecule has 22 heavy (non-hydrogen) atoms. The van der Waals surface area contributed by atoms with E-state index in [9.17, 15) is 8.42 Å². The van der Waals surface area contributed by atoms with Crippen molar-refractivity contribution < 1.29 is 8.42 Å². The average molecular weight is 320 g/mol. The lowest BCUT2D eigenvalue weighted by Gasteiger charge is -2.15. The molecule has 0 aliphatic carbocycles. The maximum Gasteiger partial charge on any atom is 0.161 e. The Morgan fingerprint density at radius 1 is 1.23 bits per heavy atom. The number of nitrogens with zero attached hydrogens (tertiary/aromatic N) is 3. The Morgan fingerprint density at radius 2 is 1.91 bits per heavy atom. The van der Waals surface area contributed by atoms with Crippen molar-refractivity contribution in [3.05, 3.63) is 36.3 Å². The van der Waals surface area contributed by atoms with Crippen LogP contribution in [0.2, 0.25) is 0 Å². The van der Waals surface area contributed by atoms with Crippen LogP contribution in [0.25, 0.3) is 11.4 Å². The van der Waals surface area contributed by atoms with Crippen molar-refractivity contribution in [2.45, 2.75) is 26.3 Å². The molecule has 1 unspecified atom stereocenters. The van der Waals surface area contributed by atoms with Gasteiger partial charge in [0.05, 0.1) is 5.75 Å². The lowest BCUT2D eigenvalue weighted by molar-refractivity contribution is 0.595. The van der Waals surface area contributed by atoms with E-state index >= 15 is 0 Å². The van der Waals surface area contributed by atoms with E-state index < -0.39 is 9.84 Å². The second-order valence-corrected chi connectivity index (χ2v) is 7.68. The highest BCUT2D eigenvalue weighted by Gasteiger charge is 2.10. The van der Waals surface area contributed by atoms with Crippen molar-refractivity contribution in [3.63, 3.8) is 0 Å². The van der Waals surface area contributed by atoms with Crippen LogP contribution >= 0.6 is 0 Å². The van der Waals surface area contributed by atoms with Gasteiger partial charge in [0.25, 0.3) is 0 Å². The van der Waals surface area contributed by atoms with E-state index in [1.165, 1.54) is 6.26 Å². The van der Waals surface area contributed by atoms with Gasteiger partial charge in [0.15, 0.2) is 5.82 Å². The Balaban J connectivity index is 2.13. The van der Waals surface area contributed by atoms with Gasteiger partial charge < -0.3 is 5.32 Å². The Hall–Kier alpha value is -2.02. The predicted molar refractivity (Wildman–Crippen MR) is 87.4 cm³/mol. The van der Waals surface area contributed by atoms with E-state index in [2.05, 4.69) is 20.3 Å². The zero-order chi connectivity index (χ0) is 16.2. The lowest BCUT2D eigenvalue weighted by atomic mass is 10.2. The summed E-state index contributed by atoms with van der Waals surface area (Å²) in [5.74, 6) is 1.48. The highest BCUT2D eigenvalue weighted by molar-refractivity contribution is 7.90. The van der Waals surface area contributed by atoms with Gasteiger partial charge in [-0.1, -0.05) is 0 Å². The highest BCUT2D eigenvalue weighted by atomic mass is 32.2. The smallest absolute Gasteiger partial charge is 0.161 e. The summed E-state index contributed by atoms with van der Waals surface area (Å²) >= 11 is 0. The third-order valence-electron chi connectivity index (χ3n) is 3.11. The molecule has 1 N–H and O–H groups in total. The van der Waals surface area contributed by atoms with Crippen LogP contribution < -0.4 is 5.32 Å². The molecule has 7 heteroatoms. The molecule has 2 rings (SSSR count). The molecule has 0 radical (unpaired) electrons. The van der Waals surface area contributed by atoms with Gasteiger partial charge in [0, 0.05) is 42.0 Å². The van der Waals surface area contributed by atoms with Crippen LogP contribution in [0.3, 0.4) is 0 Å². The minimum absolute atomic E-state index is 0.00863. The molecule has 0 bridgehead atoms. The van der Waals surface area contributed by atoms with Gasteiger partial charge in [0.1, 0.15) is 15.7 Å². The lowest BCUT2D eigenvalue weighted by Crippen LogP contribution is -2.20. The first-order valence-corrected chi connectivity index (χ1v) is 9.10. The third-order valence-corrected chi connectivity index (χ3v) is 4.09. The SMILES string of the molecule is Cc1cc(NC(C)CCS(C)(=O)=O)nc(-c2ccncc2)n1. The number of sulfone groups is 1. The van der Waals surface area contributed by atoms with Crippen LogP contribution in [-0.4, -0.2) is 41.4 Å². The summed E-state index contributed by atoms with van der Waals surface area (Å²) in [5, 5.41) is 3.23. The summed E-state index contributed by atoms with van der Waals surface area (Å²) in [5.41, 5.74) is 1.74. The molecule has 2 aromatic rings. The number of rotatable bonds is 6. The van der Waals surface area contributed by atoms with E-state index in [4.69, 9.17) is 0 Å². The van der Waals surface area contributed by atoms with E-state index in [0.29, 0.717) is 18.1 Å². The van der Waals surface area contributed by atoms with Crippen molar-refractivity contribution in [1.82, 2.24) is 15.0 Å². The Morgan fingerprint density at radius 3 is 2.55 bits per heavy atom. The largest absolute Gasteiger partial charge is 0.367 e. The summed E-state index contributed by atoms with van der Waals surface area (Å²) in [6.07, 6.45) is 5.17. The topological polar surface area (TPSA) is 84.8 Å². The zero-order valence-corrected chi connectivity index (χ0v) is 13.8. The normalized spacial score (nSPS) is 12.9. The fourth-order valence-corrected chi connectivity index (χ4v) is 2.77. The van der Waals surface area contributed by atoms with E-state index in [1.807, 2.05) is 32.0 Å². The molecular formula is C15H20N4O2S. The minimum atomic E-state index is -2.95. The molecule has 0 saturated carbocycles. The maximum absolute atomic E-state index is 11.2. The predicted octanol–water partition coefficient (Wildman–Crippen LogP) is 2.08. The molecular weight excluding hydrogens is 300 g/mol. The summed E-state index contributed by atoms with van der Waals surface area (Å²) < 4.78 is 22.4. The fraction of sp³-hybridized carbons (Fsp3) is 0.400. The van der Waals surface area contributed by atoms with Crippen LogP contribution in [-0.2, 0) is 9.84 Å². The summed E-state index contributed by atoms with van der Waals surface area (Å²) in [6.45, 7) is 3.84. The first-order valence-electron chi connectivity index (χ1n) is 7.04. The second-order valence-electron chi connectivity index (χ2n) is 5.42. The molecule has 1 atom stereocenters. The second kappa shape index (κ2) is 6.83. The van der Waals surface area contributed by atoms with Gasteiger partial charge in [-0.05, 0) is 32.4 Å². The number of pyridine rings is 1. The van der Waals surface area contributed by atoms with Crippen molar-refractivity contribution >= 4 is 15.7 Å². The standard InChI is InChI=1S/C15H20N4O2S/c1-11(6-9-22(3,20)21)17-14-10-12(2)18-15(19-14)13-4-7-16-8-5-13/h4-5,7-8,10-11H,6,9H2,1-3H3,(H,17,18,19). The monoisotopic (exact) mass is 320 g/mol. The molecule has 2 heterocycles. The summed E-state index contributed by atoms with van der Waals surface area (Å²) in [6, 6.07) is 5.56. The van der Waals surface area contributed by atoms with Crippen LogP contribution in [0.1, 0.15) is 19.0 Å². The first kappa shape index (κ1) is 16.4. The Labute approximate surface area is 131 Å². The molecule has 0 amide bonds. The van der Waals surface area contributed by atoms with E-state index in [1.54, 1.807) is 12.4 Å². The number of anilines is 1. The molecule has 0 saturated heterocycles. The molecule has 0 spiro atoms. The number of aromatic nitrogens is 3. The third kappa shape index (κ3) is 5.07. The highest BCUT2D eigenvalue weighted by Crippen LogP contribution is 2.17. The maximum atomic E-state index is 11.2. The molecule has 0 aliphatic rings. The number of hydrogen-bond acceptors (Lipinski definition) is 6. The van der Waals surface area contributed by atoms with E-state index in [0.717, 1.165) is 11.3 Å². The minimum Gasteiger partial charge on any atom is -0.367 e. The fourth-order valence-electron chi connectivity index (χ4n) is 1.99. The van der Waals surface area contributed by atoms with Crippen molar-refractivity contribution in [2.75, 3.05) is 17.3 Å². The van der Waals surface area contributed by atoms with Gasteiger partial charge in [-0.3, -0.25) is 4.98 Å². The van der Waals surface area contributed by atoms with E-state index in [-0.39, 0.29) is 11.8 Å². The molecule has 118 valence electrons. The van der Waals surface area contributed by atoms with Crippen LogP contribution in [0.4, 0.5) is 5.82 Å². The molecule has 0 fully saturated rings. The van der Waals surface area contributed by atoms with Gasteiger partial charge in [0.2, 0.25) is 0 Å². The van der Waals surface area contributed by atoms with Gasteiger partial charge >= 0.3 is 0 Å². The summed E-state index contributed by atoms with van der Waals surface area (Å²) in [7, 11) is -2.95. The van der Waals surface area contributed by atoms with Gasteiger partial charge in [-0.2, -0.15) is 0 Å². The number of aryl methyl sites for hydroxylation is 1. The Bertz CT molecular complexity index is 732. The van der Waals surface area contributed by atoms with Crippen LogP contribution in [0, 0.1) is 6.92 Å². The molecule has 0 aliphatic heterocycles. The average Bonchev–Trinajstić information content (AvgIpc) is 2.45. The van der Waals surface area contributed by atoms with Gasteiger partial charge in [-0.15, -0.1) is 0 Å². The van der Waals surface area contributed by atoms with Gasteiger partial charge in [-0.25, -0.2) is 18.4 Å². The van der Waals surface area contributed by atoms with Crippen molar-refractivity contribution in [3.8, 4) is 11.4 Å². The first-order chi connectivity index (χ1) is 10.3.